The zero-order valence-electron chi connectivity index (χ0n) is 11.5. The van der Waals surface area contributed by atoms with Gasteiger partial charge in [-0.05, 0) is 54.5 Å². The Morgan fingerprint density at radius 1 is 1.50 bits per heavy atom. The summed E-state index contributed by atoms with van der Waals surface area (Å²) in [6.45, 7) is 5.02. The molecule has 2 aromatic rings. The van der Waals surface area contributed by atoms with E-state index in [0.717, 1.165) is 0 Å². The Labute approximate surface area is 115 Å². The van der Waals surface area contributed by atoms with Crippen molar-refractivity contribution < 1.29 is 14.3 Å². The highest BCUT2D eigenvalue weighted by Gasteiger charge is 2.37. The molecular formula is C13H15FN4O2. The van der Waals surface area contributed by atoms with Crippen LogP contribution >= 0.6 is 0 Å². The highest BCUT2D eigenvalue weighted by atomic mass is 19.1. The molecule has 0 fully saturated rings. The summed E-state index contributed by atoms with van der Waals surface area (Å²) in [7, 11) is 0. The summed E-state index contributed by atoms with van der Waals surface area (Å²) < 4.78 is 14.4. The van der Waals surface area contributed by atoms with E-state index < -0.39 is 11.5 Å². The second-order valence-electron chi connectivity index (χ2n) is 4.81. The van der Waals surface area contributed by atoms with Crippen LogP contribution in [0.1, 0.15) is 25.8 Å². The van der Waals surface area contributed by atoms with Gasteiger partial charge in [0.1, 0.15) is 5.82 Å². The van der Waals surface area contributed by atoms with Crippen molar-refractivity contribution in [1.82, 2.24) is 20.2 Å². The summed E-state index contributed by atoms with van der Waals surface area (Å²) >= 11 is 0. The van der Waals surface area contributed by atoms with E-state index in [4.69, 9.17) is 0 Å². The van der Waals surface area contributed by atoms with Crippen molar-refractivity contribution >= 4 is 5.97 Å². The third-order valence-electron chi connectivity index (χ3n) is 3.52. The molecule has 2 rings (SSSR count). The van der Waals surface area contributed by atoms with Crippen LogP contribution in [0.25, 0.3) is 11.4 Å². The summed E-state index contributed by atoms with van der Waals surface area (Å²) in [5.41, 5.74) is 0.00171. The lowest BCUT2D eigenvalue weighted by Crippen LogP contribution is -2.39. The smallest absolute Gasteiger partial charge is 0.331 e. The van der Waals surface area contributed by atoms with E-state index in [1.165, 1.54) is 16.8 Å². The van der Waals surface area contributed by atoms with Gasteiger partial charge in [0.15, 0.2) is 11.4 Å². The predicted octanol–water partition coefficient (Wildman–Crippen LogP) is 2.00. The van der Waals surface area contributed by atoms with Gasteiger partial charge in [-0.1, -0.05) is 6.92 Å². The van der Waals surface area contributed by atoms with Gasteiger partial charge in [0, 0.05) is 5.56 Å². The Morgan fingerprint density at radius 2 is 2.20 bits per heavy atom. The third-order valence-corrected chi connectivity index (χ3v) is 3.52. The molecule has 0 spiro atoms. The van der Waals surface area contributed by atoms with Gasteiger partial charge >= 0.3 is 5.97 Å². The number of hydrogen-bond donors (Lipinski definition) is 1. The highest BCUT2D eigenvalue weighted by Crippen LogP contribution is 2.28. The van der Waals surface area contributed by atoms with E-state index in [0.29, 0.717) is 23.4 Å². The first-order valence-corrected chi connectivity index (χ1v) is 6.19. The maximum atomic E-state index is 13.2. The topological polar surface area (TPSA) is 80.9 Å². The zero-order valence-corrected chi connectivity index (χ0v) is 11.5. The summed E-state index contributed by atoms with van der Waals surface area (Å²) in [6, 6.07) is 4.20. The van der Waals surface area contributed by atoms with Crippen LogP contribution in [-0.2, 0) is 10.3 Å². The molecule has 1 aromatic carbocycles. The molecule has 106 valence electrons. The SMILES string of the molecule is CCC(C)(C(=O)O)n1nnnc1-c1ccc(F)cc1C. The lowest BCUT2D eigenvalue weighted by atomic mass is 9.98. The Bertz CT molecular complexity index is 656. The van der Waals surface area contributed by atoms with Gasteiger partial charge in [0.05, 0.1) is 0 Å². The molecule has 1 aromatic heterocycles. The number of carboxylic acids is 1. The van der Waals surface area contributed by atoms with Gasteiger partial charge < -0.3 is 5.11 Å². The van der Waals surface area contributed by atoms with Crippen molar-refractivity contribution in [3.05, 3.63) is 29.6 Å². The quantitative estimate of drug-likeness (QED) is 0.925. The molecule has 0 bridgehead atoms. The molecule has 0 saturated heterocycles. The standard InChI is InChI=1S/C13H15FN4O2/c1-4-13(3,12(19)20)18-11(15-16-17-18)10-6-5-9(14)7-8(10)2/h5-7H,4H2,1-3H3,(H,19,20). The van der Waals surface area contributed by atoms with Crippen LogP contribution in [0.4, 0.5) is 4.39 Å². The maximum absolute atomic E-state index is 13.2. The molecular weight excluding hydrogens is 263 g/mol. The number of carbonyl (C=O) groups is 1. The fourth-order valence-corrected chi connectivity index (χ4v) is 1.96. The second-order valence-corrected chi connectivity index (χ2v) is 4.81. The van der Waals surface area contributed by atoms with Crippen LogP contribution in [0, 0.1) is 12.7 Å². The minimum atomic E-state index is -1.25. The number of aromatic nitrogens is 4. The Morgan fingerprint density at radius 3 is 2.75 bits per heavy atom. The van der Waals surface area contributed by atoms with Crippen LogP contribution in [-0.4, -0.2) is 31.3 Å². The van der Waals surface area contributed by atoms with Crippen LogP contribution in [0.15, 0.2) is 18.2 Å². The summed E-state index contributed by atoms with van der Waals surface area (Å²) in [6.07, 6.45) is 0.320. The summed E-state index contributed by atoms with van der Waals surface area (Å²) in [5.74, 6) is -1.07. The van der Waals surface area contributed by atoms with E-state index in [-0.39, 0.29) is 5.82 Å². The van der Waals surface area contributed by atoms with Crippen LogP contribution in [0.3, 0.4) is 0 Å². The van der Waals surface area contributed by atoms with Crippen LogP contribution in [0.5, 0.6) is 0 Å². The molecule has 0 aliphatic rings. The average molecular weight is 278 g/mol. The minimum Gasteiger partial charge on any atom is -0.479 e. The van der Waals surface area contributed by atoms with Crippen molar-refractivity contribution in [1.29, 1.82) is 0 Å². The highest BCUT2D eigenvalue weighted by molar-refractivity contribution is 5.77. The number of rotatable bonds is 4. The van der Waals surface area contributed by atoms with Crippen molar-refractivity contribution in [2.24, 2.45) is 0 Å². The number of tetrazole rings is 1. The number of halogens is 1. The molecule has 7 heteroatoms. The lowest BCUT2D eigenvalue weighted by molar-refractivity contribution is -0.147. The average Bonchev–Trinajstić information content (AvgIpc) is 2.87. The van der Waals surface area contributed by atoms with Crippen LogP contribution in [0.2, 0.25) is 0 Å². The summed E-state index contributed by atoms with van der Waals surface area (Å²) in [4.78, 5) is 11.5. The first-order valence-electron chi connectivity index (χ1n) is 6.19. The first kappa shape index (κ1) is 14.1. The fourth-order valence-electron chi connectivity index (χ4n) is 1.96. The molecule has 20 heavy (non-hydrogen) atoms. The molecule has 0 aliphatic heterocycles. The van der Waals surface area contributed by atoms with Gasteiger partial charge in [-0.3, -0.25) is 0 Å². The van der Waals surface area contributed by atoms with E-state index >= 15 is 0 Å². The summed E-state index contributed by atoms with van der Waals surface area (Å²) in [5, 5.41) is 20.7. The molecule has 1 N–H and O–H groups in total. The number of aryl methyl sites for hydroxylation is 1. The van der Waals surface area contributed by atoms with Gasteiger partial charge in [0.2, 0.25) is 0 Å². The fraction of sp³-hybridized carbons (Fsp3) is 0.385. The molecule has 1 atom stereocenters. The Balaban J connectivity index is 2.61. The maximum Gasteiger partial charge on any atom is 0.331 e. The number of hydrogen-bond acceptors (Lipinski definition) is 4. The van der Waals surface area contributed by atoms with E-state index in [9.17, 15) is 14.3 Å². The monoisotopic (exact) mass is 278 g/mol. The molecule has 1 heterocycles. The zero-order chi connectivity index (χ0) is 14.9. The largest absolute Gasteiger partial charge is 0.479 e. The third kappa shape index (κ3) is 2.15. The first-order chi connectivity index (χ1) is 9.40. The normalized spacial score (nSPS) is 14.0. The molecule has 1 unspecified atom stereocenters. The minimum absolute atomic E-state index is 0.314. The molecule has 0 saturated carbocycles. The van der Waals surface area contributed by atoms with Crippen molar-refractivity contribution in [3.63, 3.8) is 0 Å². The van der Waals surface area contributed by atoms with Crippen molar-refractivity contribution in [2.75, 3.05) is 0 Å². The molecule has 6 nitrogen and oxygen atoms in total. The number of carboxylic acid groups (broad SMARTS) is 1. The van der Waals surface area contributed by atoms with E-state index in [2.05, 4.69) is 15.5 Å². The van der Waals surface area contributed by atoms with Crippen molar-refractivity contribution in [3.8, 4) is 11.4 Å². The van der Waals surface area contributed by atoms with E-state index in [1.54, 1.807) is 26.8 Å². The number of aliphatic carboxylic acids is 1. The number of nitrogens with zero attached hydrogens (tertiary/aromatic N) is 4. The number of benzene rings is 1. The van der Waals surface area contributed by atoms with Crippen LogP contribution < -0.4 is 0 Å². The van der Waals surface area contributed by atoms with Crippen molar-refractivity contribution in [2.45, 2.75) is 32.7 Å². The van der Waals surface area contributed by atoms with Gasteiger partial charge in [-0.25, -0.2) is 13.9 Å². The van der Waals surface area contributed by atoms with Gasteiger partial charge in [0.25, 0.3) is 0 Å². The van der Waals surface area contributed by atoms with Gasteiger partial charge in [-0.15, -0.1) is 5.10 Å². The van der Waals surface area contributed by atoms with Gasteiger partial charge in [-0.2, -0.15) is 0 Å². The lowest BCUT2D eigenvalue weighted by Gasteiger charge is -2.24. The molecule has 0 radical (unpaired) electrons. The second kappa shape index (κ2) is 4.99. The molecule has 0 aliphatic carbocycles. The van der Waals surface area contributed by atoms with E-state index in [1.807, 2.05) is 0 Å². The Hall–Kier alpha value is -2.31. The Kier molecular flexibility index (Phi) is 3.52. The molecule has 0 amide bonds. The predicted molar refractivity (Wildman–Crippen MR) is 69.5 cm³/mol.